The highest BCUT2D eigenvalue weighted by Crippen LogP contribution is 2.40. The van der Waals surface area contributed by atoms with Crippen molar-refractivity contribution in [3.8, 4) is 5.75 Å². The topological polar surface area (TPSA) is 95.9 Å². The third-order valence-electron chi connectivity index (χ3n) is 4.34. The number of rotatable bonds is 5. The molecule has 0 saturated carbocycles. The van der Waals surface area contributed by atoms with Crippen molar-refractivity contribution in [3.05, 3.63) is 52.5 Å². The second kappa shape index (κ2) is 8.34. The summed E-state index contributed by atoms with van der Waals surface area (Å²) in [6.07, 6.45) is -6.46. The van der Waals surface area contributed by atoms with Gasteiger partial charge in [-0.25, -0.2) is 13.2 Å². The Morgan fingerprint density at radius 1 is 1.27 bits per heavy atom. The maximum absolute atomic E-state index is 13.2. The molecule has 2 N–H and O–H groups in total. The summed E-state index contributed by atoms with van der Waals surface area (Å²) in [6, 6.07) is 8.17. The molecule has 0 aliphatic carbocycles. The SMILES string of the molecule is O=C(O)NCC[C@H]1CN(S(=O)(=O)c2cccc(C(F)(F)F)c2)c2cc(Br)ccc2O1. The summed E-state index contributed by atoms with van der Waals surface area (Å²) in [5.74, 6) is 0.223. The van der Waals surface area contributed by atoms with Crippen LogP contribution in [0.25, 0.3) is 0 Å². The van der Waals surface area contributed by atoms with Crippen LogP contribution < -0.4 is 14.4 Å². The van der Waals surface area contributed by atoms with Crippen molar-refractivity contribution >= 4 is 37.7 Å². The summed E-state index contributed by atoms with van der Waals surface area (Å²) in [5.41, 5.74) is -0.905. The lowest BCUT2D eigenvalue weighted by atomic mass is 10.2. The highest BCUT2D eigenvalue weighted by Gasteiger charge is 2.37. The number of ether oxygens (including phenoxy) is 1. The number of nitrogens with one attached hydrogen (secondary N) is 1. The quantitative estimate of drug-likeness (QED) is 0.634. The Labute approximate surface area is 178 Å². The zero-order valence-electron chi connectivity index (χ0n) is 15.2. The number of carbonyl (C=O) groups is 1. The molecular weight excluding hydrogens is 493 g/mol. The van der Waals surface area contributed by atoms with Gasteiger partial charge in [0, 0.05) is 17.4 Å². The van der Waals surface area contributed by atoms with Crippen LogP contribution in [-0.4, -0.2) is 38.8 Å². The number of fused-ring (bicyclic) bond motifs is 1. The van der Waals surface area contributed by atoms with Gasteiger partial charge in [0.1, 0.15) is 11.9 Å². The van der Waals surface area contributed by atoms with Crippen molar-refractivity contribution in [2.75, 3.05) is 17.4 Å². The minimum atomic E-state index is -4.69. The molecule has 2 aromatic carbocycles. The zero-order valence-corrected chi connectivity index (χ0v) is 17.6. The molecule has 1 heterocycles. The molecule has 1 atom stereocenters. The summed E-state index contributed by atoms with van der Waals surface area (Å²) in [7, 11) is -4.35. The van der Waals surface area contributed by atoms with Gasteiger partial charge in [0.15, 0.2) is 0 Å². The van der Waals surface area contributed by atoms with Crippen molar-refractivity contribution in [2.24, 2.45) is 0 Å². The van der Waals surface area contributed by atoms with Gasteiger partial charge in [-0.15, -0.1) is 0 Å². The van der Waals surface area contributed by atoms with Crippen molar-refractivity contribution in [1.29, 1.82) is 0 Å². The fourth-order valence-corrected chi connectivity index (χ4v) is 4.86. The molecule has 0 fully saturated rings. The lowest BCUT2D eigenvalue weighted by Gasteiger charge is -2.35. The molecular formula is C18H16BrF3N2O5S. The van der Waals surface area contributed by atoms with Gasteiger partial charge < -0.3 is 15.2 Å². The number of hydrogen-bond donors (Lipinski definition) is 2. The van der Waals surface area contributed by atoms with E-state index in [4.69, 9.17) is 9.84 Å². The third-order valence-corrected chi connectivity index (χ3v) is 6.61. The molecule has 0 bridgehead atoms. The van der Waals surface area contributed by atoms with Crippen LogP contribution >= 0.6 is 15.9 Å². The Bertz CT molecular complexity index is 1060. The highest BCUT2D eigenvalue weighted by atomic mass is 79.9. The molecule has 0 radical (unpaired) electrons. The van der Waals surface area contributed by atoms with Crippen LogP contribution in [0.4, 0.5) is 23.7 Å². The second-order valence-electron chi connectivity index (χ2n) is 6.43. The first-order chi connectivity index (χ1) is 14.0. The number of benzene rings is 2. The normalized spacial score (nSPS) is 16.5. The fraction of sp³-hybridized carbons (Fsp3) is 0.278. The smallest absolute Gasteiger partial charge is 0.416 e. The van der Waals surface area contributed by atoms with E-state index < -0.39 is 38.9 Å². The van der Waals surface area contributed by atoms with E-state index in [1.807, 2.05) is 0 Å². The Balaban J connectivity index is 1.99. The summed E-state index contributed by atoms with van der Waals surface area (Å²) < 4.78 is 73.0. The molecule has 2 aromatic rings. The molecule has 7 nitrogen and oxygen atoms in total. The van der Waals surface area contributed by atoms with Crippen molar-refractivity contribution in [2.45, 2.75) is 23.6 Å². The predicted molar refractivity (Wildman–Crippen MR) is 105 cm³/mol. The predicted octanol–water partition coefficient (Wildman–Crippen LogP) is 4.08. The number of amides is 1. The maximum Gasteiger partial charge on any atom is 0.416 e. The van der Waals surface area contributed by atoms with E-state index in [0.717, 1.165) is 22.5 Å². The van der Waals surface area contributed by atoms with Gasteiger partial charge >= 0.3 is 12.3 Å². The average Bonchev–Trinajstić information content (AvgIpc) is 2.66. The number of hydrogen-bond acceptors (Lipinski definition) is 4. The third kappa shape index (κ3) is 4.81. The Kier molecular flexibility index (Phi) is 6.18. The summed E-state index contributed by atoms with van der Waals surface area (Å²) in [5, 5.41) is 10.9. The van der Waals surface area contributed by atoms with Crippen molar-refractivity contribution in [3.63, 3.8) is 0 Å². The maximum atomic E-state index is 13.2. The number of alkyl halides is 3. The Morgan fingerprint density at radius 3 is 2.67 bits per heavy atom. The molecule has 12 heteroatoms. The monoisotopic (exact) mass is 508 g/mol. The van der Waals surface area contributed by atoms with Gasteiger partial charge in [-0.1, -0.05) is 22.0 Å². The molecule has 0 saturated heterocycles. The van der Waals surface area contributed by atoms with Gasteiger partial charge in [0.05, 0.1) is 22.7 Å². The van der Waals surface area contributed by atoms with Crippen molar-refractivity contribution in [1.82, 2.24) is 5.32 Å². The summed E-state index contributed by atoms with van der Waals surface area (Å²) in [6.45, 7) is -0.174. The highest BCUT2D eigenvalue weighted by molar-refractivity contribution is 9.10. The Morgan fingerprint density at radius 2 is 2.00 bits per heavy atom. The largest absolute Gasteiger partial charge is 0.486 e. The van der Waals surface area contributed by atoms with Crippen LogP contribution in [0.1, 0.15) is 12.0 Å². The van der Waals surface area contributed by atoms with Crippen molar-refractivity contribution < 1.29 is 36.2 Å². The van der Waals surface area contributed by atoms with Gasteiger partial charge in [-0.2, -0.15) is 13.2 Å². The standard InChI is InChI=1S/C18H16BrF3N2O5S/c19-12-4-5-16-15(9-12)24(10-13(29-16)6-7-23-17(25)26)30(27,28)14-3-1-2-11(8-14)18(20,21)22/h1-5,8-9,13,23H,6-7,10H2,(H,25,26)/t13-/m0/s1. The zero-order chi connectivity index (χ0) is 22.1. The van der Waals surface area contributed by atoms with E-state index in [2.05, 4.69) is 21.2 Å². The van der Waals surface area contributed by atoms with Gasteiger partial charge in [-0.05, 0) is 36.4 Å². The molecule has 30 heavy (non-hydrogen) atoms. The van der Waals surface area contributed by atoms with E-state index in [1.165, 1.54) is 12.1 Å². The number of nitrogens with zero attached hydrogens (tertiary/aromatic N) is 1. The number of halogens is 4. The molecule has 1 aliphatic rings. The lowest BCUT2D eigenvalue weighted by molar-refractivity contribution is -0.137. The van der Waals surface area contributed by atoms with E-state index in [0.29, 0.717) is 10.5 Å². The van der Waals surface area contributed by atoms with Crippen LogP contribution in [-0.2, 0) is 16.2 Å². The fourth-order valence-electron chi connectivity index (χ4n) is 2.96. The average molecular weight is 509 g/mol. The van der Waals surface area contributed by atoms with E-state index in [1.54, 1.807) is 6.07 Å². The van der Waals surface area contributed by atoms with E-state index >= 15 is 0 Å². The first-order valence-electron chi connectivity index (χ1n) is 8.61. The van der Waals surface area contributed by atoms with Crippen LogP contribution in [0.5, 0.6) is 5.75 Å². The molecule has 3 rings (SSSR count). The first kappa shape index (κ1) is 22.2. The Hall–Kier alpha value is -2.47. The summed E-state index contributed by atoms with van der Waals surface area (Å²) in [4.78, 5) is 10.1. The number of sulfonamides is 1. The van der Waals surface area contributed by atoms with Gasteiger partial charge in [0.2, 0.25) is 0 Å². The minimum absolute atomic E-state index is 0.0172. The molecule has 0 aromatic heterocycles. The molecule has 0 unspecified atom stereocenters. The van der Waals surface area contributed by atoms with Crippen LogP contribution in [0, 0.1) is 0 Å². The van der Waals surface area contributed by atoms with Gasteiger partial charge in [0.25, 0.3) is 10.0 Å². The van der Waals surface area contributed by atoms with Crippen LogP contribution in [0.15, 0.2) is 51.8 Å². The number of anilines is 1. The first-order valence-corrected chi connectivity index (χ1v) is 10.8. The summed E-state index contributed by atoms with van der Waals surface area (Å²) >= 11 is 3.25. The molecule has 0 spiro atoms. The number of carboxylic acid groups (broad SMARTS) is 1. The second-order valence-corrected chi connectivity index (χ2v) is 9.21. The van der Waals surface area contributed by atoms with E-state index in [9.17, 15) is 26.4 Å². The van der Waals surface area contributed by atoms with Gasteiger partial charge in [-0.3, -0.25) is 4.31 Å². The van der Waals surface area contributed by atoms with Crippen LogP contribution in [0.2, 0.25) is 0 Å². The molecule has 1 aliphatic heterocycles. The lowest BCUT2D eigenvalue weighted by Crippen LogP contribution is -2.44. The van der Waals surface area contributed by atoms with E-state index in [-0.39, 0.29) is 30.9 Å². The minimum Gasteiger partial charge on any atom is -0.486 e. The molecule has 1 amide bonds. The molecule has 162 valence electrons. The van der Waals surface area contributed by atoms with Crippen LogP contribution in [0.3, 0.4) is 0 Å².